The van der Waals surface area contributed by atoms with Gasteiger partial charge in [0.15, 0.2) is 0 Å². The molecule has 0 spiro atoms. The third kappa shape index (κ3) is 4.48. The van der Waals surface area contributed by atoms with Crippen molar-refractivity contribution < 1.29 is 38.4 Å². The third-order valence-electron chi connectivity index (χ3n) is 7.97. The highest BCUT2D eigenvalue weighted by atomic mass is 19.3. The van der Waals surface area contributed by atoms with Crippen LogP contribution < -0.4 is 15.2 Å². The van der Waals surface area contributed by atoms with E-state index in [9.17, 15) is 28.9 Å². The van der Waals surface area contributed by atoms with Gasteiger partial charge in [-0.2, -0.15) is 13.9 Å². The Balaban J connectivity index is 1.56. The molecular weight excluding hydrogens is 554 g/mol. The second-order valence-electron chi connectivity index (χ2n) is 10.8. The normalized spacial score (nSPS) is 21.6. The standard InChI is InChI=1S/C28H28F2N6O6/c1-13-15(8-21-25(33-13)27(2,31)11-41-21)17-9-18-23-16(22-14(10-37)5-4-6-20(22)42-26(29)30)7-19(35(3)28(38,39)40)24(23)34-36(18)12-32-17/h4-6,8-10,12,16,19,26,38-40H,7,11,31H2,1-3H3/t16?,19?,27-/m0/s1. The van der Waals surface area contributed by atoms with Crippen LogP contribution in [0.1, 0.15) is 63.9 Å². The van der Waals surface area contributed by atoms with E-state index in [0.29, 0.717) is 51.5 Å². The average molecular weight is 583 g/mol. The molecule has 4 aromatic rings. The molecule has 0 bridgehead atoms. The number of aliphatic hydroxyl groups is 3. The van der Waals surface area contributed by atoms with E-state index in [1.54, 1.807) is 6.07 Å². The van der Waals surface area contributed by atoms with Crippen LogP contribution in [0, 0.1) is 6.92 Å². The van der Waals surface area contributed by atoms with E-state index in [-0.39, 0.29) is 29.9 Å². The zero-order valence-electron chi connectivity index (χ0n) is 22.8. The predicted molar refractivity (Wildman–Crippen MR) is 143 cm³/mol. The fourth-order valence-corrected chi connectivity index (χ4v) is 5.91. The smallest absolute Gasteiger partial charge is 0.387 e. The van der Waals surface area contributed by atoms with Crippen molar-refractivity contribution >= 4 is 11.8 Å². The predicted octanol–water partition coefficient (Wildman–Crippen LogP) is 2.18. The zero-order valence-corrected chi connectivity index (χ0v) is 22.8. The molecule has 12 nitrogen and oxygen atoms in total. The summed E-state index contributed by atoms with van der Waals surface area (Å²) in [5.41, 5.74) is 9.72. The number of alkyl halides is 2. The number of aldehydes is 1. The van der Waals surface area contributed by atoms with E-state index in [1.807, 2.05) is 19.9 Å². The van der Waals surface area contributed by atoms with E-state index in [1.165, 1.54) is 36.1 Å². The molecule has 2 unspecified atom stereocenters. The molecule has 1 aliphatic heterocycles. The lowest BCUT2D eigenvalue weighted by molar-refractivity contribution is -0.396. The Hall–Kier alpha value is -4.08. The van der Waals surface area contributed by atoms with Gasteiger partial charge in [0.1, 0.15) is 36.4 Å². The first-order chi connectivity index (χ1) is 19.8. The SMILES string of the molecule is Cc1nc2c(cc1-c1cc3c4c(nn3cn1)C(N(C)C(O)(O)O)CC4c1c(C=O)cccc1OC(F)F)OC[C@]2(C)N. The highest BCUT2D eigenvalue weighted by Crippen LogP contribution is 2.51. The molecule has 2 aliphatic rings. The van der Waals surface area contributed by atoms with Crippen LogP contribution in [-0.2, 0) is 5.54 Å². The van der Waals surface area contributed by atoms with Crippen molar-refractivity contribution in [3.05, 3.63) is 70.4 Å². The van der Waals surface area contributed by atoms with Gasteiger partial charge in [0.25, 0.3) is 0 Å². The molecule has 3 atom stereocenters. The first-order valence-electron chi connectivity index (χ1n) is 13.1. The number of hydrogen-bond acceptors (Lipinski definition) is 11. The van der Waals surface area contributed by atoms with Crippen LogP contribution in [0.5, 0.6) is 11.5 Å². The summed E-state index contributed by atoms with van der Waals surface area (Å²) in [7, 11) is 1.28. The fraction of sp³-hybridized carbons (Fsp3) is 0.357. The summed E-state index contributed by atoms with van der Waals surface area (Å²) in [6.45, 7) is 0.778. The minimum absolute atomic E-state index is 0.0541. The minimum atomic E-state index is -3.22. The van der Waals surface area contributed by atoms with Crippen LogP contribution in [0.4, 0.5) is 8.78 Å². The molecule has 0 saturated carbocycles. The van der Waals surface area contributed by atoms with Crippen molar-refractivity contribution in [2.24, 2.45) is 5.73 Å². The summed E-state index contributed by atoms with van der Waals surface area (Å²) >= 11 is 0. The number of hydrogen-bond donors (Lipinski definition) is 4. The van der Waals surface area contributed by atoms with Crippen molar-refractivity contribution in [2.75, 3.05) is 13.7 Å². The second kappa shape index (κ2) is 9.74. The molecule has 0 radical (unpaired) electrons. The van der Waals surface area contributed by atoms with Crippen molar-refractivity contribution in [1.29, 1.82) is 0 Å². The molecule has 1 aromatic carbocycles. The number of pyridine rings is 1. The molecule has 1 aliphatic carbocycles. The Morgan fingerprint density at radius 1 is 1.29 bits per heavy atom. The molecule has 5 N–H and O–H groups in total. The monoisotopic (exact) mass is 582 g/mol. The molecule has 6 rings (SSSR count). The van der Waals surface area contributed by atoms with Gasteiger partial charge >= 0.3 is 12.7 Å². The number of nitrogens with zero attached hydrogens (tertiary/aromatic N) is 5. The van der Waals surface area contributed by atoms with Gasteiger partial charge in [0, 0.05) is 33.9 Å². The molecule has 0 fully saturated rings. The maximum atomic E-state index is 13.4. The molecule has 14 heteroatoms. The van der Waals surface area contributed by atoms with Crippen molar-refractivity contribution in [3.8, 4) is 22.8 Å². The molecule has 3 aromatic heterocycles. The maximum absolute atomic E-state index is 13.4. The van der Waals surface area contributed by atoms with Crippen LogP contribution in [0.3, 0.4) is 0 Å². The average Bonchev–Trinajstić information content (AvgIpc) is 3.56. The topological polar surface area (TPSA) is 169 Å². The van der Waals surface area contributed by atoms with Gasteiger partial charge in [-0.25, -0.2) is 14.4 Å². The van der Waals surface area contributed by atoms with E-state index in [0.717, 1.165) is 4.90 Å². The zero-order chi connectivity index (χ0) is 30.1. The number of aryl methyl sites for hydroxylation is 1. The van der Waals surface area contributed by atoms with Gasteiger partial charge in [-0.05, 0) is 45.5 Å². The van der Waals surface area contributed by atoms with Crippen molar-refractivity contribution in [2.45, 2.75) is 50.5 Å². The summed E-state index contributed by atoms with van der Waals surface area (Å²) in [5.74, 6) is -0.427. The van der Waals surface area contributed by atoms with Crippen LogP contribution in [0.25, 0.3) is 16.8 Å². The summed E-state index contributed by atoms with van der Waals surface area (Å²) in [4.78, 5) is 22.2. The number of fused-ring (bicyclic) bond motifs is 4. The number of benzene rings is 1. The fourth-order valence-electron chi connectivity index (χ4n) is 5.91. The number of carbonyl (C=O) groups excluding carboxylic acids is 1. The number of halogens is 2. The number of ether oxygens (including phenoxy) is 2. The lowest BCUT2D eigenvalue weighted by atomic mass is 9.88. The van der Waals surface area contributed by atoms with Crippen LogP contribution in [0.2, 0.25) is 0 Å². The molecule has 0 amide bonds. The van der Waals surface area contributed by atoms with Gasteiger partial charge in [-0.15, -0.1) is 0 Å². The highest BCUT2D eigenvalue weighted by Gasteiger charge is 2.45. The molecular formula is C28H28F2N6O6. The van der Waals surface area contributed by atoms with Gasteiger partial charge in [0.05, 0.1) is 28.5 Å². The highest BCUT2D eigenvalue weighted by molar-refractivity contribution is 5.81. The lowest BCUT2D eigenvalue weighted by Crippen LogP contribution is -2.47. The summed E-state index contributed by atoms with van der Waals surface area (Å²) in [6.07, 6.45) is -1.15. The summed E-state index contributed by atoms with van der Waals surface area (Å²) in [6, 6.07) is 6.91. The van der Waals surface area contributed by atoms with Gasteiger partial charge in [0.2, 0.25) is 0 Å². The van der Waals surface area contributed by atoms with Crippen molar-refractivity contribution in [3.63, 3.8) is 0 Å². The first-order valence-corrected chi connectivity index (χ1v) is 13.1. The van der Waals surface area contributed by atoms with E-state index < -0.39 is 30.2 Å². The van der Waals surface area contributed by atoms with Gasteiger partial charge < -0.3 is 30.5 Å². The van der Waals surface area contributed by atoms with Crippen LogP contribution in [-0.4, -0.2) is 72.5 Å². The Bertz CT molecular complexity index is 1720. The Morgan fingerprint density at radius 2 is 2.05 bits per heavy atom. The largest absolute Gasteiger partial charge is 0.489 e. The Morgan fingerprint density at radius 3 is 2.74 bits per heavy atom. The van der Waals surface area contributed by atoms with Crippen molar-refractivity contribution in [1.82, 2.24) is 24.5 Å². The van der Waals surface area contributed by atoms with E-state index in [2.05, 4.69) is 15.1 Å². The molecule has 220 valence electrons. The van der Waals surface area contributed by atoms with E-state index in [4.69, 9.17) is 15.2 Å². The number of rotatable bonds is 7. The molecule has 4 heterocycles. The van der Waals surface area contributed by atoms with Crippen LogP contribution in [0.15, 0.2) is 36.7 Å². The number of carbonyl (C=O) groups is 1. The number of nitrogens with two attached hydrogens (primary N) is 1. The summed E-state index contributed by atoms with van der Waals surface area (Å²) < 4.78 is 38.9. The van der Waals surface area contributed by atoms with Gasteiger partial charge in [-0.3, -0.25) is 9.78 Å². The minimum Gasteiger partial charge on any atom is -0.489 e. The Labute approximate surface area is 237 Å². The summed E-state index contributed by atoms with van der Waals surface area (Å²) in [5, 5.41) is 34.6. The quantitative estimate of drug-likeness (QED) is 0.186. The molecule has 42 heavy (non-hydrogen) atoms. The van der Waals surface area contributed by atoms with E-state index >= 15 is 0 Å². The lowest BCUT2D eigenvalue weighted by Gasteiger charge is -2.31. The first kappa shape index (κ1) is 28.1. The third-order valence-corrected chi connectivity index (χ3v) is 7.97. The Kier molecular flexibility index (Phi) is 6.51. The number of aromatic nitrogens is 4. The second-order valence-corrected chi connectivity index (χ2v) is 10.8. The maximum Gasteiger partial charge on any atom is 0.387 e. The molecule has 0 saturated heterocycles. The van der Waals surface area contributed by atoms with Crippen LogP contribution >= 0.6 is 0 Å². The van der Waals surface area contributed by atoms with Gasteiger partial charge in [-0.1, -0.05) is 12.1 Å².